The molecule has 0 unspecified atom stereocenters. The lowest BCUT2D eigenvalue weighted by Crippen LogP contribution is -2.32. The van der Waals surface area contributed by atoms with Crippen LogP contribution in [0.15, 0.2) is 35.7 Å². The fourth-order valence-electron chi connectivity index (χ4n) is 2.94. The summed E-state index contributed by atoms with van der Waals surface area (Å²) in [5.41, 5.74) is 2.65. The van der Waals surface area contributed by atoms with Gasteiger partial charge in [-0.25, -0.2) is 4.98 Å². The number of rotatable bonds is 2. The fourth-order valence-corrected chi connectivity index (χ4v) is 4.89. The Hall–Kier alpha value is -1.23. The summed E-state index contributed by atoms with van der Waals surface area (Å²) < 4.78 is 1.29. The Bertz CT molecular complexity index is 711. The quantitative estimate of drug-likeness (QED) is 0.694. The minimum atomic E-state index is 0.511. The van der Waals surface area contributed by atoms with Crippen molar-refractivity contribution in [3.05, 3.63) is 51.2 Å². The number of hydrogen-bond donors (Lipinski definition) is 0. The molecule has 0 aliphatic carbocycles. The first kappa shape index (κ1) is 12.5. The average Bonchev–Trinajstić information content (AvgIpc) is 3.08. The van der Waals surface area contributed by atoms with Gasteiger partial charge in [-0.1, -0.05) is 12.1 Å². The van der Waals surface area contributed by atoms with Crippen LogP contribution >= 0.6 is 22.7 Å². The highest BCUT2D eigenvalue weighted by Gasteiger charge is 2.25. The number of para-hydroxylation sites is 1. The first-order valence-corrected chi connectivity index (χ1v) is 8.65. The molecule has 2 aromatic heterocycles. The first-order valence-electron chi connectivity index (χ1n) is 6.96. The zero-order chi connectivity index (χ0) is 13.5. The predicted octanol–water partition coefficient (Wildman–Crippen LogP) is 4.48. The molecule has 20 heavy (non-hydrogen) atoms. The van der Waals surface area contributed by atoms with Gasteiger partial charge in [0.2, 0.25) is 0 Å². The lowest BCUT2D eigenvalue weighted by Gasteiger charge is -2.32. The highest BCUT2D eigenvalue weighted by Crippen LogP contribution is 2.34. The molecule has 4 heteroatoms. The molecule has 0 saturated carbocycles. The summed E-state index contributed by atoms with van der Waals surface area (Å²) in [4.78, 5) is 8.88. The van der Waals surface area contributed by atoms with Crippen LogP contribution in [-0.4, -0.2) is 16.4 Å². The highest BCUT2D eigenvalue weighted by molar-refractivity contribution is 7.18. The second-order valence-corrected chi connectivity index (χ2v) is 7.39. The molecule has 1 aliphatic heterocycles. The molecule has 1 aromatic carbocycles. The Labute approximate surface area is 126 Å². The van der Waals surface area contributed by atoms with Crippen molar-refractivity contribution >= 4 is 32.9 Å². The lowest BCUT2D eigenvalue weighted by molar-refractivity contribution is 0.191. The van der Waals surface area contributed by atoms with Gasteiger partial charge in [-0.3, -0.25) is 4.90 Å². The van der Waals surface area contributed by atoms with Gasteiger partial charge in [0.25, 0.3) is 0 Å². The van der Waals surface area contributed by atoms with E-state index < -0.39 is 0 Å². The summed E-state index contributed by atoms with van der Waals surface area (Å²) >= 11 is 3.73. The molecule has 1 aliphatic rings. The van der Waals surface area contributed by atoms with Crippen LogP contribution in [0.4, 0.5) is 0 Å². The second kappa shape index (κ2) is 4.95. The van der Waals surface area contributed by atoms with Gasteiger partial charge >= 0.3 is 0 Å². The summed E-state index contributed by atoms with van der Waals surface area (Å²) in [6.07, 6.45) is 1.18. The molecule has 0 spiro atoms. The van der Waals surface area contributed by atoms with Gasteiger partial charge in [-0.2, -0.15) is 0 Å². The molecule has 0 bridgehead atoms. The van der Waals surface area contributed by atoms with Crippen molar-refractivity contribution in [1.29, 1.82) is 0 Å². The van der Waals surface area contributed by atoms with Crippen molar-refractivity contribution in [1.82, 2.24) is 9.88 Å². The summed E-state index contributed by atoms with van der Waals surface area (Å²) in [5.74, 6) is 0. The van der Waals surface area contributed by atoms with Gasteiger partial charge in [-0.05, 0) is 42.5 Å². The number of aromatic nitrogens is 1. The summed E-state index contributed by atoms with van der Waals surface area (Å²) in [7, 11) is 0. The molecule has 2 nitrogen and oxygen atoms in total. The topological polar surface area (TPSA) is 16.1 Å². The van der Waals surface area contributed by atoms with E-state index in [4.69, 9.17) is 4.98 Å². The minimum absolute atomic E-state index is 0.511. The van der Waals surface area contributed by atoms with Crippen LogP contribution in [0.5, 0.6) is 0 Å². The van der Waals surface area contributed by atoms with Crippen molar-refractivity contribution in [2.24, 2.45) is 0 Å². The van der Waals surface area contributed by atoms with Crippen LogP contribution < -0.4 is 0 Å². The molecule has 0 fully saturated rings. The molecule has 0 N–H and O–H groups in total. The van der Waals surface area contributed by atoms with E-state index in [1.165, 1.54) is 21.7 Å². The van der Waals surface area contributed by atoms with Crippen molar-refractivity contribution in [3.8, 4) is 0 Å². The number of hydrogen-bond acceptors (Lipinski definition) is 4. The molecule has 102 valence electrons. The van der Waals surface area contributed by atoms with Gasteiger partial charge in [0.05, 0.1) is 16.8 Å². The van der Waals surface area contributed by atoms with Crippen molar-refractivity contribution < 1.29 is 0 Å². The third-order valence-electron chi connectivity index (χ3n) is 4.08. The van der Waals surface area contributed by atoms with E-state index >= 15 is 0 Å². The molecule has 0 saturated heterocycles. The normalized spacial score (nSPS) is 19.4. The van der Waals surface area contributed by atoms with E-state index in [0.717, 1.165) is 18.6 Å². The molecule has 1 atom stereocenters. The van der Waals surface area contributed by atoms with E-state index in [1.54, 1.807) is 4.88 Å². The van der Waals surface area contributed by atoms with Gasteiger partial charge in [-0.15, -0.1) is 22.7 Å². The molecular weight excluding hydrogens is 284 g/mol. The summed E-state index contributed by atoms with van der Waals surface area (Å²) in [6.45, 7) is 4.43. The van der Waals surface area contributed by atoms with Gasteiger partial charge in [0.1, 0.15) is 5.01 Å². The molecule has 3 heterocycles. The van der Waals surface area contributed by atoms with Crippen LogP contribution in [0.25, 0.3) is 10.2 Å². The molecule has 3 aromatic rings. The standard InChI is InChI=1S/C16H16N2S2/c1-11-12-7-9-19-14(12)6-8-18(11)10-16-17-13-4-2-3-5-15(13)20-16/h2-5,7,9,11H,6,8,10H2,1H3/t11-/m0/s1. The Kier molecular flexibility index (Phi) is 3.10. The van der Waals surface area contributed by atoms with Crippen molar-refractivity contribution in [3.63, 3.8) is 0 Å². The Balaban J connectivity index is 1.60. The van der Waals surface area contributed by atoms with Crippen LogP contribution in [0.3, 0.4) is 0 Å². The van der Waals surface area contributed by atoms with Crippen LogP contribution in [0.1, 0.15) is 28.4 Å². The maximum atomic E-state index is 4.76. The third kappa shape index (κ3) is 2.08. The molecule has 4 rings (SSSR count). The lowest BCUT2D eigenvalue weighted by atomic mass is 10.0. The summed E-state index contributed by atoms with van der Waals surface area (Å²) in [5, 5.41) is 3.46. The second-order valence-electron chi connectivity index (χ2n) is 5.27. The molecular formula is C16H16N2S2. The van der Waals surface area contributed by atoms with Gasteiger partial charge in [0.15, 0.2) is 0 Å². The number of thiazole rings is 1. The average molecular weight is 300 g/mol. The SMILES string of the molecule is C[C@H]1c2ccsc2CCN1Cc1nc2ccccc2s1. The predicted molar refractivity (Wildman–Crippen MR) is 86.5 cm³/mol. The maximum absolute atomic E-state index is 4.76. The highest BCUT2D eigenvalue weighted by atomic mass is 32.1. The van der Waals surface area contributed by atoms with Crippen LogP contribution in [0.2, 0.25) is 0 Å². The maximum Gasteiger partial charge on any atom is 0.108 e. The Morgan fingerprint density at radius 3 is 3.10 bits per heavy atom. The zero-order valence-electron chi connectivity index (χ0n) is 11.4. The minimum Gasteiger partial charge on any atom is -0.290 e. The smallest absolute Gasteiger partial charge is 0.108 e. The van der Waals surface area contributed by atoms with E-state index in [1.807, 2.05) is 22.7 Å². The zero-order valence-corrected chi connectivity index (χ0v) is 13.0. The van der Waals surface area contributed by atoms with Gasteiger partial charge < -0.3 is 0 Å². The van der Waals surface area contributed by atoms with Gasteiger partial charge in [0, 0.05) is 17.5 Å². The molecule has 0 amide bonds. The largest absolute Gasteiger partial charge is 0.290 e. The van der Waals surface area contributed by atoms with E-state index in [-0.39, 0.29) is 0 Å². The number of fused-ring (bicyclic) bond motifs is 2. The fraction of sp³-hybridized carbons (Fsp3) is 0.312. The monoisotopic (exact) mass is 300 g/mol. The Morgan fingerprint density at radius 1 is 1.30 bits per heavy atom. The van der Waals surface area contributed by atoms with E-state index in [9.17, 15) is 0 Å². The number of thiophene rings is 1. The van der Waals surface area contributed by atoms with Crippen molar-refractivity contribution in [2.75, 3.05) is 6.54 Å². The van der Waals surface area contributed by atoms with E-state index in [0.29, 0.717) is 6.04 Å². The van der Waals surface area contributed by atoms with Crippen LogP contribution in [-0.2, 0) is 13.0 Å². The van der Waals surface area contributed by atoms with E-state index in [2.05, 4.69) is 47.5 Å². The summed E-state index contributed by atoms with van der Waals surface area (Å²) in [6, 6.07) is 11.2. The first-order chi connectivity index (χ1) is 9.81. The third-order valence-corrected chi connectivity index (χ3v) is 6.10. The van der Waals surface area contributed by atoms with Crippen LogP contribution in [0, 0.1) is 0 Å². The molecule has 0 radical (unpaired) electrons. The number of benzene rings is 1. The van der Waals surface area contributed by atoms with Crippen molar-refractivity contribution in [2.45, 2.75) is 25.9 Å². The number of nitrogens with zero attached hydrogens (tertiary/aromatic N) is 2. The Morgan fingerprint density at radius 2 is 2.20 bits per heavy atom.